The average molecular weight is 217 g/mol. The van der Waals surface area contributed by atoms with Crippen molar-refractivity contribution in [2.75, 3.05) is 5.32 Å². The van der Waals surface area contributed by atoms with E-state index >= 15 is 0 Å². The maximum absolute atomic E-state index is 10.8. The Kier molecular flexibility index (Phi) is 2.81. The minimum Gasteiger partial charge on any atom is -0.477 e. The van der Waals surface area contributed by atoms with E-state index in [-0.39, 0.29) is 22.3 Å². The van der Waals surface area contributed by atoms with Crippen molar-refractivity contribution >= 4 is 29.2 Å². The molecule has 0 spiro atoms. The van der Waals surface area contributed by atoms with E-state index in [2.05, 4.69) is 5.32 Å². The highest BCUT2D eigenvalue weighted by molar-refractivity contribution is 6.34. The number of nitrogens with one attached hydrogen (secondary N) is 1. The summed E-state index contributed by atoms with van der Waals surface area (Å²) < 4.78 is 1.34. The van der Waals surface area contributed by atoms with Gasteiger partial charge in [-0.3, -0.25) is 4.79 Å². The van der Waals surface area contributed by atoms with Crippen LogP contribution in [0.15, 0.2) is 6.20 Å². The molecule has 2 N–H and O–H groups in total. The minimum atomic E-state index is -1.14. The summed E-state index contributed by atoms with van der Waals surface area (Å²) >= 11 is 5.74. The molecule has 1 heterocycles. The van der Waals surface area contributed by atoms with Gasteiger partial charge < -0.3 is 15.0 Å². The molecule has 1 aromatic rings. The molecule has 5 nitrogen and oxygen atoms in total. The first-order chi connectivity index (χ1) is 6.43. The number of aromatic nitrogens is 1. The summed E-state index contributed by atoms with van der Waals surface area (Å²) in [5, 5.41) is 11.4. The number of carboxylic acids is 1. The highest BCUT2D eigenvalue weighted by Gasteiger charge is 2.19. The molecule has 14 heavy (non-hydrogen) atoms. The lowest BCUT2D eigenvalue weighted by Crippen LogP contribution is -2.12. The molecule has 0 unspecified atom stereocenters. The van der Waals surface area contributed by atoms with E-state index in [1.807, 2.05) is 0 Å². The molecule has 1 rings (SSSR count). The Hall–Kier alpha value is -1.49. The molecule has 1 aromatic heterocycles. The van der Waals surface area contributed by atoms with Crippen LogP contribution in [0.25, 0.3) is 0 Å². The maximum atomic E-state index is 10.8. The molecular formula is C8H9ClN2O3. The topological polar surface area (TPSA) is 71.3 Å². The molecule has 1 amide bonds. The van der Waals surface area contributed by atoms with E-state index in [4.69, 9.17) is 16.7 Å². The summed E-state index contributed by atoms with van der Waals surface area (Å²) in [6.07, 6.45) is 1.43. The van der Waals surface area contributed by atoms with Gasteiger partial charge in [0.1, 0.15) is 0 Å². The minimum absolute atomic E-state index is 0.0369. The number of amides is 1. The fourth-order valence-electron chi connectivity index (χ4n) is 1.14. The quantitative estimate of drug-likeness (QED) is 0.784. The summed E-state index contributed by atoms with van der Waals surface area (Å²) in [5.41, 5.74) is 0.0966. The van der Waals surface area contributed by atoms with Crippen LogP contribution in [0.3, 0.4) is 0 Å². The number of anilines is 1. The Balaban J connectivity index is 3.24. The number of aromatic carboxylic acids is 1. The lowest BCUT2D eigenvalue weighted by atomic mass is 10.3. The van der Waals surface area contributed by atoms with Gasteiger partial charge in [0.15, 0.2) is 5.69 Å². The van der Waals surface area contributed by atoms with Crippen LogP contribution in [-0.4, -0.2) is 21.6 Å². The second-order valence-electron chi connectivity index (χ2n) is 2.80. The molecule has 0 saturated carbocycles. The Morgan fingerprint density at radius 1 is 1.57 bits per heavy atom. The summed E-state index contributed by atoms with van der Waals surface area (Å²) in [7, 11) is 1.54. The van der Waals surface area contributed by atoms with Crippen molar-refractivity contribution < 1.29 is 14.7 Å². The summed E-state index contributed by atoms with van der Waals surface area (Å²) in [6, 6.07) is 0. The highest BCUT2D eigenvalue weighted by Crippen LogP contribution is 2.27. The van der Waals surface area contributed by atoms with Crippen LogP contribution in [-0.2, 0) is 11.8 Å². The van der Waals surface area contributed by atoms with Crippen LogP contribution in [0.1, 0.15) is 17.4 Å². The van der Waals surface area contributed by atoms with Crippen molar-refractivity contribution in [3.05, 3.63) is 16.9 Å². The lowest BCUT2D eigenvalue weighted by Gasteiger charge is -2.02. The van der Waals surface area contributed by atoms with Crippen molar-refractivity contribution in [1.82, 2.24) is 4.57 Å². The van der Waals surface area contributed by atoms with Crippen molar-refractivity contribution in [1.29, 1.82) is 0 Å². The average Bonchev–Trinajstić information content (AvgIpc) is 2.25. The van der Waals surface area contributed by atoms with E-state index in [9.17, 15) is 9.59 Å². The van der Waals surface area contributed by atoms with Crippen molar-refractivity contribution in [3.8, 4) is 0 Å². The second kappa shape index (κ2) is 3.71. The third kappa shape index (κ3) is 1.88. The van der Waals surface area contributed by atoms with E-state index in [0.717, 1.165) is 0 Å². The number of carbonyl (C=O) groups is 2. The van der Waals surface area contributed by atoms with E-state index in [0.29, 0.717) is 0 Å². The normalized spacial score (nSPS) is 9.93. The van der Waals surface area contributed by atoms with Crippen LogP contribution in [0, 0.1) is 0 Å². The zero-order chi connectivity index (χ0) is 10.9. The number of carbonyl (C=O) groups excluding carboxylic acids is 1. The number of hydrogen-bond donors (Lipinski definition) is 2. The summed E-state index contributed by atoms with van der Waals surface area (Å²) in [5.74, 6) is -1.50. The Labute approximate surface area is 85.3 Å². The van der Waals surface area contributed by atoms with E-state index < -0.39 is 5.97 Å². The van der Waals surface area contributed by atoms with Gasteiger partial charge in [-0.15, -0.1) is 0 Å². The molecule has 0 saturated heterocycles. The van der Waals surface area contributed by atoms with Crippen LogP contribution < -0.4 is 5.32 Å². The molecule has 0 fully saturated rings. The van der Waals surface area contributed by atoms with Gasteiger partial charge in [-0.1, -0.05) is 11.6 Å². The van der Waals surface area contributed by atoms with Gasteiger partial charge in [0.25, 0.3) is 0 Å². The molecule has 0 radical (unpaired) electrons. The molecule has 76 valence electrons. The Bertz CT molecular complexity index is 398. The first-order valence-electron chi connectivity index (χ1n) is 3.79. The molecular weight excluding hydrogens is 208 g/mol. The van der Waals surface area contributed by atoms with Gasteiger partial charge in [-0.2, -0.15) is 0 Å². The molecule has 0 aliphatic carbocycles. The predicted molar refractivity (Wildman–Crippen MR) is 51.7 cm³/mol. The van der Waals surface area contributed by atoms with Gasteiger partial charge in [0.05, 0.1) is 10.7 Å². The first-order valence-corrected chi connectivity index (χ1v) is 4.17. The van der Waals surface area contributed by atoms with Crippen LogP contribution in [0.2, 0.25) is 5.02 Å². The van der Waals surface area contributed by atoms with Crippen molar-refractivity contribution in [3.63, 3.8) is 0 Å². The molecule has 0 aromatic carbocycles. The smallest absolute Gasteiger partial charge is 0.354 e. The van der Waals surface area contributed by atoms with Crippen LogP contribution in [0.5, 0.6) is 0 Å². The third-order valence-corrected chi connectivity index (χ3v) is 1.93. The number of aryl methyl sites for hydroxylation is 1. The van der Waals surface area contributed by atoms with Gasteiger partial charge in [-0.05, 0) is 0 Å². The number of halogens is 1. The van der Waals surface area contributed by atoms with Gasteiger partial charge >= 0.3 is 5.97 Å². The first kappa shape index (κ1) is 10.6. The van der Waals surface area contributed by atoms with Crippen molar-refractivity contribution in [2.45, 2.75) is 6.92 Å². The number of nitrogens with zero attached hydrogens (tertiary/aromatic N) is 1. The number of carboxylic acid groups (broad SMARTS) is 1. The van der Waals surface area contributed by atoms with Gasteiger partial charge in [0, 0.05) is 20.2 Å². The SMILES string of the molecule is CC(=O)Nc1c(Cl)cn(C)c1C(=O)O. The lowest BCUT2D eigenvalue weighted by molar-refractivity contribution is -0.114. The number of hydrogen-bond acceptors (Lipinski definition) is 2. The van der Waals surface area contributed by atoms with E-state index in [1.165, 1.54) is 17.7 Å². The largest absolute Gasteiger partial charge is 0.477 e. The zero-order valence-corrected chi connectivity index (χ0v) is 8.42. The molecule has 0 aliphatic rings. The third-order valence-electron chi connectivity index (χ3n) is 1.64. The summed E-state index contributed by atoms with van der Waals surface area (Å²) in [4.78, 5) is 21.6. The van der Waals surface area contributed by atoms with Gasteiger partial charge in [0.2, 0.25) is 5.91 Å². The maximum Gasteiger partial charge on any atom is 0.354 e. The monoisotopic (exact) mass is 216 g/mol. The Morgan fingerprint density at radius 3 is 2.57 bits per heavy atom. The zero-order valence-electron chi connectivity index (χ0n) is 7.67. The highest BCUT2D eigenvalue weighted by atomic mass is 35.5. The second-order valence-corrected chi connectivity index (χ2v) is 3.21. The van der Waals surface area contributed by atoms with Crippen molar-refractivity contribution in [2.24, 2.45) is 7.05 Å². The standard InChI is InChI=1S/C8H9ClN2O3/c1-4(12)10-6-5(9)3-11(2)7(6)8(13)14/h3H,1-2H3,(H,10,12)(H,13,14). The van der Waals surface area contributed by atoms with E-state index in [1.54, 1.807) is 7.05 Å². The summed E-state index contributed by atoms with van der Waals surface area (Å²) in [6.45, 7) is 1.29. The van der Waals surface area contributed by atoms with Crippen LogP contribution >= 0.6 is 11.6 Å². The molecule has 0 aliphatic heterocycles. The molecule has 0 bridgehead atoms. The number of rotatable bonds is 2. The fourth-order valence-corrected chi connectivity index (χ4v) is 1.42. The fraction of sp³-hybridized carbons (Fsp3) is 0.250. The van der Waals surface area contributed by atoms with Gasteiger partial charge in [-0.25, -0.2) is 4.79 Å². The van der Waals surface area contributed by atoms with Crippen LogP contribution in [0.4, 0.5) is 5.69 Å². The molecule has 6 heteroatoms. The Morgan fingerprint density at radius 2 is 2.14 bits per heavy atom. The predicted octanol–water partition coefficient (Wildman–Crippen LogP) is 1.34. The molecule has 0 atom stereocenters.